The SMILES string of the molecule is CC1=C(C)[SiH](C(C)(C)C(C)C)C=C1. The third kappa shape index (κ3) is 1.80. The van der Waals surface area contributed by atoms with Gasteiger partial charge in [-0.25, -0.2) is 0 Å². The maximum atomic E-state index is 2.50. The summed E-state index contributed by atoms with van der Waals surface area (Å²) in [6, 6.07) is 0. The summed E-state index contributed by atoms with van der Waals surface area (Å²) in [5.41, 5.74) is 4.02. The molecule has 0 amide bonds. The number of rotatable bonds is 2. The average Bonchev–Trinajstić information content (AvgIpc) is 2.33. The molecule has 1 unspecified atom stereocenters. The Morgan fingerprint density at radius 2 is 1.77 bits per heavy atom. The van der Waals surface area contributed by atoms with Gasteiger partial charge in [-0.1, -0.05) is 50.2 Å². The zero-order valence-corrected chi connectivity index (χ0v) is 11.0. The van der Waals surface area contributed by atoms with Gasteiger partial charge in [-0.2, -0.15) is 0 Å². The second kappa shape index (κ2) is 3.45. The molecule has 0 fully saturated rings. The highest BCUT2D eigenvalue weighted by atomic mass is 28.3. The van der Waals surface area contributed by atoms with Crippen LogP contribution in [0.5, 0.6) is 0 Å². The lowest BCUT2D eigenvalue weighted by atomic mass is 9.99. The van der Waals surface area contributed by atoms with Crippen molar-refractivity contribution in [1.29, 1.82) is 0 Å². The number of allylic oxidation sites excluding steroid dienone is 3. The molecule has 0 radical (unpaired) electrons. The number of hydrogen-bond acceptors (Lipinski definition) is 0. The van der Waals surface area contributed by atoms with E-state index >= 15 is 0 Å². The van der Waals surface area contributed by atoms with Crippen LogP contribution in [-0.4, -0.2) is 8.80 Å². The van der Waals surface area contributed by atoms with E-state index in [2.05, 4.69) is 53.3 Å². The van der Waals surface area contributed by atoms with Crippen LogP contribution in [0, 0.1) is 5.92 Å². The Morgan fingerprint density at radius 1 is 1.23 bits per heavy atom. The number of hydrogen-bond donors (Lipinski definition) is 0. The minimum atomic E-state index is -0.801. The van der Waals surface area contributed by atoms with Gasteiger partial charge in [-0.3, -0.25) is 0 Å². The van der Waals surface area contributed by atoms with E-state index in [1.54, 1.807) is 5.20 Å². The van der Waals surface area contributed by atoms with E-state index in [0.29, 0.717) is 5.04 Å². The summed E-state index contributed by atoms with van der Waals surface area (Å²) < 4.78 is 0. The van der Waals surface area contributed by atoms with Gasteiger partial charge in [0, 0.05) is 0 Å². The molecule has 0 saturated carbocycles. The molecule has 1 heteroatoms. The minimum Gasteiger partial charge on any atom is -0.0925 e. The predicted octanol–water partition coefficient (Wildman–Crippen LogP) is 3.63. The highest BCUT2D eigenvalue weighted by molar-refractivity contribution is 6.75. The Bertz CT molecular complexity index is 256. The summed E-state index contributed by atoms with van der Waals surface area (Å²) in [5.74, 6) is 0.787. The Balaban J connectivity index is 2.93. The second-order valence-electron chi connectivity index (χ2n) is 5.18. The van der Waals surface area contributed by atoms with E-state index < -0.39 is 8.80 Å². The molecule has 0 aromatic heterocycles. The fourth-order valence-electron chi connectivity index (χ4n) is 1.93. The third-order valence-corrected chi connectivity index (χ3v) is 8.15. The molecular formula is C12H22Si. The first-order valence-corrected chi connectivity index (χ1v) is 7.05. The lowest BCUT2D eigenvalue weighted by Crippen LogP contribution is -2.31. The molecule has 1 aliphatic heterocycles. The van der Waals surface area contributed by atoms with Crippen molar-refractivity contribution in [2.24, 2.45) is 5.92 Å². The zero-order chi connectivity index (χ0) is 10.2. The van der Waals surface area contributed by atoms with Gasteiger partial charge in [0.05, 0.1) is 8.80 Å². The molecule has 0 nitrogen and oxygen atoms in total. The van der Waals surface area contributed by atoms with E-state index in [0.717, 1.165) is 5.92 Å². The average molecular weight is 194 g/mol. The van der Waals surface area contributed by atoms with Gasteiger partial charge < -0.3 is 0 Å². The van der Waals surface area contributed by atoms with Crippen LogP contribution in [0.1, 0.15) is 41.5 Å². The third-order valence-electron chi connectivity index (χ3n) is 3.92. The van der Waals surface area contributed by atoms with E-state index in [9.17, 15) is 0 Å². The van der Waals surface area contributed by atoms with Crippen LogP contribution < -0.4 is 0 Å². The summed E-state index contributed by atoms with van der Waals surface area (Å²) >= 11 is 0. The van der Waals surface area contributed by atoms with Crippen molar-refractivity contribution in [2.75, 3.05) is 0 Å². The summed E-state index contributed by atoms with van der Waals surface area (Å²) in [6.07, 6.45) is 2.33. The summed E-state index contributed by atoms with van der Waals surface area (Å²) in [4.78, 5) is 0. The van der Waals surface area contributed by atoms with Crippen molar-refractivity contribution >= 4 is 8.80 Å². The van der Waals surface area contributed by atoms with Crippen LogP contribution in [-0.2, 0) is 0 Å². The molecule has 0 N–H and O–H groups in total. The van der Waals surface area contributed by atoms with Crippen LogP contribution in [0.3, 0.4) is 0 Å². The molecule has 0 saturated heterocycles. The van der Waals surface area contributed by atoms with E-state index in [-0.39, 0.29) is 0 Å². The maximum Gasteiger partial charge on any atom is 0.0946 e. The fourth-order valence-corrected chi connectivity index (χ4v) is 5.61. The fraction of sp³-hybridized carbons (Fsp3) is 0.667. The highest BCUT2D eigenvalue weighted by Crippen LogP contribution is 2.42. The lowest BCUT2D eigenvalue weighted by Gasteiger charge is -2.35. The standard InChI is InChI=1S/C12H22Si/c1-9(2)12(5,6)13-8-7-10(3)11(13)4/h7-9,13H,1-6H3. The zero-order valence-electron chi connectivity index (χ0n) is 9.81. The molecule has 74 valence electrons. The van der Waals surface area contributed by atoms with Crippen LogP contribution in [0.2, 0.25) is 5.04 Å². The Morgan fingerprint density at radius 3 is 2.08 bits per heavy atom. The van der Waals surface area contributed by atoms with Crippen LogP contribution in [0.25, 0.3) is 0 Å². The second-order valence-corrected chi connectivity index (χ2v) is 8.87. The molecule has 0 aromatic rings. The van der Waals surface area contributed by atoms with Crippen molar-refractivity contribution in [3.05, 3.63) is 22.5 Å². The van der Waals surface area contributed by atoms with Crippen LogP contribution >= 0.6 is 0 Å². The smallest absolute Gasteiger partial charge is 0.0925 e. The van der Waals surface area contributed by atoms with Gasteiger partial charge in [0.15, 0.2) is 0 Å². The van der Waals surface area contributed by atoms with Gasteiger partial charge in [0.1, 0.15) is 0 Å². The molecule has 0 spiro atoms. The maximum absolute atomic E-state index is 2.50. The van der Waals surface area contributed by atoms with Gasteiger partial charge in [-0.05, 0) is 24.8 Å². The first-order valence-electron chi connectivity index (χ1n) is 5.23. The van der Waals surface area contributed by atoms with Crippen molar-refractivity contribution < 1.29 is 0 Å². The first kappa shape index (κ1) is 10.8. The highest BCUT2D eigenvalue weighted by Gasteiger charge is 2.35. The molecule has 1 atom stereocenters. The summed E-state index contributed by atoms with van der Waals surface area (Å²) in [5, 5.41) is 2.22. The van der Waals surface area contributed by atoms with E-state index in [1.165, 1.54) is 5.57 Å². The topological polar surface area (TPSA) is 0 Å². The Kier molecular flexibility index (Phi) is 2.86. The Labute approximate surface area is 84.3 Å². The van der Waals surface area contributed by atoms with Crippen molar-refractivity contribution in [3.8, 4) is 0 Å². The molecular weight excluding hydrogens is 172 g/mol. The van der Waals surface area contributed by atoms with Gasteiger partial charge in [0.25, 0.3) is 0 Å². The molecule has 0 aromatic carbocycles. The molecule has 1 rings (SSSR count). The van der Waals surface area contributed by atoms with Gasteiger partial charge in [-0.15, -0.1) is 0 Å². The lowest BCUT2D eigenvalue weighted by molar-refractivity contribution is 0.470. The summed E-state index contributed by atoms with van der Waals surface area (Å²) in [6.45, 7) is 14.1. The molecule has 1 aliphatic rings. The van der Waals surface area contributed by atoms with Crippen molar-refractivity contribution in [2.45, 2.75) is 46.6 Å². The normalized spacial score (nSPS) is 23.5. The minimum absolute atomic E-state index is 0.526. The van der Waals surface area contributed by atoms with E-state index in [4.69, 9.17) is 0 Å². The first-order chi connectivity index (χ1) is 5.87. The van der Waals surface area contributed by atoms with E-state index in [1.807, 2.05) is 0 Å². The van der Waals surface area contributed by atoms with Crippen LogP contribution in [0.4, 0.5) is 0 Å². The predicted molar refractivity (Wildman–Crippen MR) is 63.5 cm³/mol. The van der Waals surface area contributed by atoms with Crippen molar-refractivity contribution in [3.63, 3.8) is 0 Å². The van der Waals surface area contributed by atoms with Crippen LogP contribution in [0.15, 0.2) is 22.5 Å². The van der Waals surface area contributed by atoms with Gasteiger partial charge in [0.2, 0.25) is 0 Å². The summed E-state index contributed by atoms with van der Waals surface area (Å²) in [7, 11) is -0.801. The molecule has 13 heavy (non-hydrogen) atoms. The quantitative estimate of drug-likeness (QED) is 0.589. The van der Waals surface area contributed by atoms with Crippen molar-refractivity contribution in [1.82, 2.24) is 0 Å². The van der Waals surface area contributed by atoms with Gasteiger partial charge >= 0.3 is 0 Å². The Hall–Kier alpha value is -0.303. The molecule has 1 heterocycles. The largest absolute Gasteiger partial charge is 0.0946 e. The molecule has 0 aliphatic carbocycles. The molecule has 0 bridgehead atoms. The monoisotopic (exact) mass is 194 g/mol.